The summed E-state index contributed by atoms with van der Waals surface area (Å²) in [5.41, 5.74) is 12.6. The van der Waals surface area contributed by atoms with Gasteiger partial charge in [-0.2, -0.15) is 5.10 Å². The number of benzene rings is 3. The molecule has 1 aliphatic heterocycles. The Labute approximate surface area is 231 Å². The number of aromatic nitrogens is 1. The highest BCUT2D eigenvalue weighted by molar-refractivity contribution is 5.95. The van der Waals surface area contributed by atoms with E-state index in [1.807, 2.05) is 24.3 Å². The van der Waals surface area contributed by atoms with Gasteiger partial charge in [-0.15, -0.1) is 0 Å². The highest BCUT2D eigenvalue weighted by Gasteiger charge is 2.17. The molecule has 1 fully saturated rings. The lowest BCUT2D eigenvalue weighted by molar-refractivity contribution is 0.0955. The lowest BCUT2D eigenvalue weighted by atomic mass is 10.1. The second-order valence-corrected chi connectivity index (χ2v) is 10.4. The summed E-state index contributed by atoms with van der Waals surface area (Å²) in [5, 5.41) is 4.26. The normalized spacial score (nSPS) is 14.2. The van der Waals surface area contributed by atoms with E-state index in [1.54, 1.807) is 6.21 Å². The van der Waals surface area contributed by atoms with Crippen LogP contribution in [0.15, 0.2) is 84.0 Å². The molecule has 0 spiro atoms. The van der Waals surface area contributed by atoms with E-state index in [2.05, 4.69) is 107 Å². The smallest absolute Gasteiger partial charge is 0.271 e. The van der Waals surface area contributed by atoms with Gasteiger partial charge in [0.2, 0.25) is 0 Å². The van der Waals surface area contributed by atoms with Crippen LogP contribution >= 0.6 is 0 Å². The molecule has 0 radical (unpaired) electrons. The second-order valence-electron chi connectivity index (χ2n) is 10.4. The Bertz CT molecular complexity index is 1460. The Hall–Kier alpha value is -4.16. The number of piperazine rings is 1. The first-order chi connectivity index (χ1) is 18.9. The maximum atomic E-state index is 12.7. The van der Waals surface area contributed by atoms with Crippen LogP contribution in [0.25, 0.3) is 5.69 Å². The summed E-state index contributed by atoms with van der Waals surface area (Å²) in [5.74, 6) is -0.211. The van der Waals surface area contributed by atoms with Crippen molar-refractivity contribution >= 4 is 17.8 Å². The molecule has 2 heterocycles. The molecule has 1 amide bonds. The van der Waals surface area contributed by atoms with E-state index >= 15 is 0 Å². The number of nitrogens with zero attached hydrogens (tertiary/aromatic N) is 4. The van der Waals surface area contributed by atoms with Gasteiger partial charge in [-0.3, -0.25) is 9.69 Å². The summed E-state index contributed by atoms with van der Waals surface area (Å²) < 4.78 is 2.23. The minimum absolute atomic E-state index is 0.211. The van der Waals surface area contributed by atoms with Gasteiger partial charge in [0, 0.05) is 66.6 Å². The molecule has 0 saturated carbocycles. The molecule has 39 heavy (non-hydrogen) atoms. The number of hydrogen-bond acceptors (Lipinski definition) is 4. The molecule has 1 saturated heterocycles. The number of amides is 1. The fraction of sp³-hybridized carbons (Fsp3) is 0.273. The molecule has 5 rings (SSSR count). The summed E-state index contributed by atoms with van der Waals surface area (Å²) in [6, 6.07) is 27.0. The predicted molar refractivity (Wildman–Crippen MR) is 160 cm³/mol. The number of aryl methyl sites for hydroxylation is 3. The Morgan fingerprint density at radius 1 is 0.872 bits per heavy atom. The van der Waals surface area contributed by atoms with Crippen LogP contribution in [0.3, 0.4) is 0 Å². The molecular formula is C33H37N5O. The molecule has 1 N–H and O–H groups in total. The number of hydrogen-bond donors (Lipinski definition) is 1. The van der Waals surface area contributed by atoms with Gasteiger partial charge in [0.25, 0.3) is 5.91 Å². The Morgan fingerprint density at radius 3 is 2.28 bits per heavy atom. The van der Waals surface area contributed by atoms with Crippen LogP contribution in [0.5, 0.6) is 0 Å². The van der Waals surface area contributed by atoms with Gasteiger partial charge in [-0.25, -0.2) is 5.43 Å². The van der Waals surface area contributed by atoms with Crippen molar-refractivity contribution in [2.45, 2.75) is 34.2 Å². The lowest BCUT2D eigenvalue weighted by Crippen LogP contribution is -2.45. The van der Waals surface area contributed by atoms with Crippen molar-refractivity contribution in [2.24, 2.45) is 5.10 Å². The van der Waals surface area contributed by atoms with E-state index in [4.69, 9.17) is 0 Å². The van der Waals surface area contributed by atoms with E-state index in [0.29, 0.717) is 5.56 Å². The van der Waals surface area contributed by atoms with Crippen LogP contribution in [-0.4, -0.2) is 47.8 Å². The van der Waals surface area contributed by atoms with Crippen molar-refractivity contribution in [2.75, 3.05) is 31.1 Å². The fourth-order valence-corrected chi connectivity index (χ4v) is 5.39. The van der Waals surface area contributed by atoms with E-state index < -0.39 is 0 Å². The lowest BCUT2D eigenvalue weighted by Gasteiger charge is -2.36. The first-order valence-corrected chi connectivity index (χ1v) is 13.6. The van der Waals surface area contributed by atoms with E-state index in [-0.39, 0.29) is 5.91 Å². The van der Waals surface area contributed by atoms with Crippen molar-refractivity contribution in [3.8, 4) is 5.69 Å². The topological polar surface area (TPSA) is 52.9 Å². The molecule has 6 nitrogen and oxygen atoms in total. The number of carbonyl (C=O) groups excluding carboxylic acids is 1. The molecule has 1 aliphatic rings. The number of para-hydroxylation sites is 1. The number of nitrogens with one attached hydrogen (secondary N) is 1. The van der Waals surface area contributed by atoms with Gasteiger partial charge < -0.3 is 9.47 Å². The van der Waals surface area contributed by atoms with Crippen LogP contribution in [0.4, 0.5) is 5.69 Å². The van der Waals surface area contributed by atoms with Crippen molar-refractivity contribution in [1.82, 2.24) is 14.9 Å². The van der Waals surface area contributed by atoms with Crippen LogP contribution in [-0.2, 0) is 6.54 Å². The molecule has 200 valence electrons. The first-order valence-electron chi connectivity index (χ1n) is 13.6. The molecule has 6 heteroatoms. The standard InChI is InChI=1S/C33H37N5O/c1-24-10-15-32(25(2)20-24)38-26(3)21-30(27(38)4)22-34-35-33(39)29-13-11-28(12-14-29)23-36-16-18-37(19-17-36)31-8-6-5-7-9-31/h5-15,20-22H,16-19,23H2,1-4H3,(H,35,39)/b34-22-. The SMILES string of the molecule is Cc1ccc(-n2c(C)cc(/C=N\NC(=O)c3ccc(CN4CCN(c5ccccc5)CC4)cc3)c2C)c(C)c1. The predicted octanol–water partition coefficient (Wildman–Crippen LogP) is 5.80. The van der Waals surface area contributed by atoms with Gasteiger partial charge in [0.1, 0.15) is 0 Å². The highest BCUT2D eigenvalue weighted by atomic mass is 16.2. The van der Waals surface area contributed by atoms with E-state index in [1.165, 1.54) is 22.4 Å². The molecule has 0 atom stereocenters. The zero-order chi connectivity index (χ0) is 27.4. The first kappa shape index (κ1) is 26.4. The van der Waals surface area contributed by atoms with Crippen molar-refractivity contribution in [3.63, 3.8) is 0 Å². The Kier molecular flexibility index (Phi) is 7.94. The van der Waals surface area contributed by atoms with Crippen LogP contribution < -0.4 is 10.3 Å². The quantitative estimate of drug-likeness (QED) is 0.248. The average molecular weight is 520 g/mol. The number of rotatable bonds is 7. The maximum absolute atomic E-state index is 12.7. The van der Waals surface area contributed by atoms with E-state index in [9.17, 15) is 4.79 Å². The van der Waals surface area contributed by atoms with Gasteiger partial charge in [-0.05, 0) is 75.2 Å². The third-order valence-corrected chi connectivity index (χ3v) is 7.55. The minimum atomic E-state index is -0.211. The molecule has 1 aromatic heterocycles. The number of hydrazone groups is 1. The highest BCUT2D eigenvalue weighted by Crippen LogP contribution is 2.23. The second kappa shape index (κ2) is 11.7. The van der Waals surface area contributed by atoms with Crippen molar-refractivity contribution < 1.29 is 4.79 Å². The van der Waals surface area contributed by atoms with E-state index in [0.717, 1.165) is 55.4 Å². The van der Waals surface area contributed by atoms with Crippen molar-refractivity contribution in [3.05, 3.63) is 118 Å². The Balaban J connectivity index is 1.15. The van der Waals surface area contributed by atoms with Gasteiger partial charge in [0.05, 0.1) is 6.21 Å². The largest absolute Gasteiger partial charge is 0.369 e. The number of carbonyl (C=O) groups is 1. The summed E-state index contributed by atoms with van der Waals surface area (Å²) >= 11 is 0. The number of anilines is 1. The zero-order valence-corrected chi connectivity index (χ0v) is 23.3. The molecule has 3 aromatic carbocycles. The third kappa shape index (κ3) is 6.13. The minimum Gasteiger partial charge on any atom is -0.369 e. The molecule has 0 bridgehead atoms. The monoisotopic (exact) mass is 519 g/mol. The summed E-state index contributed by atoms with van der Waals surface area (Å²) in [6.07, 6.45) is 1.73. The van der Waals surface area contributed by atoms with Gasteiger partial charge >= 0.3 is 0 Å². The molecular weight excluding hydrogens is 482 g/mol. The average Bonchev–Trinajstić information content (AvgIpc) is 3.22. The van der Waals surface area contributed by atoms with Crippen LogP contribution in [0.1, 0.15) is 44.0 Å². The van der Waals surface area contributed by atoms with Crippen molar-refractivity contribution in [1.29, 1.82) is 0 Å². The molecule has 4 aromatic rings. The Morgan fingerprint density at radius 2 is 1.59 bits per heavy atom. The maximum Gasteiger partial charge on any atom is 0.271 e. The van der Waals surface area contributed by atoms with Crippen LogP contribution in [0, 0.1) is 27.7 Å². The third-order valence-electron chi connectivity index (χ3n) is 7.55. The zero-order valence-electron chi connectivity index (χ0n) is 23.3. The molecule has 0 unspecified atom stereocenters. The summed E-state index contributed by atoms with van der Waals surface area (Å²) in [7, 11) is 0. The summed E-state index contributed by atoms with van der Waals surface area (Å²) in [6.45, 7) is 13.4. The van der Waals surface area contributed by atoms with Gasteiger partial charge in [-0.1, -0.05) is 48.0 Å². The van der Waals surface area contributed by atoms with Gasteiger partial charge in [0.15, 0.2) is 0 Å². The molecule has 0 aliphatic carbocycles. The summed E-state index contributed by atoms with van der Waals surface area (Å²) in [4.78, 5) is 17.6. The van der Waals surface area contributed by atoms with Crippen LogP contribution in [0.2, 0.25) is 0 Å². The fourth-order valence-electron chi connectivity index (χ4n) is 5.39.